The highest BCUT2D eigenvalue weighted by molar-refractivity contribution is 7.99. The Hall–Kier alpha value is -0.940. The molecule has 0 radical (unpaired) electrons. The van der Waals surface area contributed by atoms with Gasteiger partial charge in [-0.15, -0.1) is 0 Å². The van der Waals surface area contributed by atoms with Crippen LogP contribution in [0.4, 0.5) is 0 Å². The summed E-state index contributed by atoms with van der Waals surface area (Å²) < 4.78 is 1.93. The summed E-state index contributed by atoms with van der Waals surface area (Å²) in [6, 6.07) is 3.86. The molecule has 1 fully saturated rings. The van der Waals surface area contributed by atoms with Crippen molar-refractivity contribution in [2.45, 2.75) is 25.8 Å². The molecule has 1 N–H and O–H groups in total. The minimum Gasteiger partial charge on any atom is -0.477 e. The van der Waals surface area contributed by atoms with Gasteiger partial charge >= 0.3 is 5.97 Å². The summed E-state index contributed by atoms with van der Waals surface area (Å²) in [5.41, 5.74) is 0.417. The Morgan fingerprint density at radius 2 is 2.21 bits per heavy atom. The van der Waals surface area contributed by atoms with Crippen molar-refractivity contribution in [2.75, 3.05) is 31.1 Å². The van der Waals surface area contributed by atoms with E-state index < -0.39 is 5.97 Å². The van der Waals surface area contributed by atoms with Crippen LogP contribution >= 0.6 is 11.8 Å². The standard InChI is InChI=1S/C14H22N2O2S/c1-2-19-11-10-15-8-5-12(6-9-15)16-7-3-4-13(16)14(17)18/h3-4,7,12H,2,5-6,8-11H2,1H3,(H,17,18). The molecular formula is C14H22N2O2S. The van der Waals surface area contributed by atoms with Gasteiger partial charge in [-0.2, -0.15) is 11.8 Å². The summed E-state index contributed by atoms with van der Waals surface area (Å²) >= 11 is 1.98. The van der Waals surface area contributed by atoms with Gasteiger partial charge in [-0.1, -0.05) is 6.92 Å². The number of likely N-dealkylation sites (tertiary alicyclic amines) is 1. The van der Waals surface area contributed by atoms with Crippen LogP contribution in [0.3, 0.4) is 0 Å². The third-order valence-electron chi connectivity index (χ3n) is 3.70. The lowest BCUT2D eigenvalue weighted by Crippen LogP contribution is -2.36. The van der Waals surface area contributed by atoms with Crippen LogP contribution in [0.2, 0.25) is 0 Å². The molecule has 0 saturated carbocycles. The largest absolute Gasteiger partial charge is 0.477 e. The fourth-order valence-electron chi connectivity index (χ4n) is 2.65. The Labute approximate surface area is 118 Å². The van der Waals surface area contributed by atoms with Crippen molar-refractivity contribution < 1.29 is 9.90 Å². The lowest BCUT2D eigenvalue weighted by Gasteiger charge is -2.33. The molecule has 0 bridgehead atoms. The molecule has 0 aromatic carbocycles. The lowest BCUT2D eigenvalue weighted by atomic mass is 10.0. The average Bonchev–Trinajstić information content (AvgIpc) is 2.89. The minimum absolute atomic E-state index is 0.344. The van der Waals surface area contributed by atoms with Gasteiger partial charge < -0.3 is 14.6 Å². The van der Waals surface area contributed by atoms with Crippen molar-refractivity contribution >= 4 is 17.7 Å². The van der Waals surface area contributed by atoms with E-state index in [9.17, 15) is 4.79 Å². The van der Waals surface area contributed by atoms with E-state index in [-0.39, 0.29) is 0 Å². The van der Waals surface area contributed by atoms with Crippen molar-refractivity contribution in [3.8, 4) is 0 Å². The molecule has 0 unspecified atom stereocenters. The fourth-order valence-corrected chi connectivity index (χ4v) is 3.33. The number of hydrogen-bond donors (Lipinski definition) is 1. The van der Waals surface area contributed by atoms with E-state index in [1.165, 1.54) is 11.5 Å². The van der Waals surface area contributed by atoms with Crippen molar-refractivity contribution in [3.63, 3.8) is 0 Å². The van der Waals surface area contributed by atoms with Crippen molar-refractivity contribution in [3.05, 3.63) is 24.0 Å². The average molecular weight is 282 g/mol. The van der Waals surface area contributed by atoms with E-state index in [0.717, 1.165) is 32.5 Å². The van der Waals surface area contributed by atoms with Gasteiger partial charge in [-0.3, -0.25) is 0 Å². The van der Waals surface area contributed by atoms with E-state index >= 15 is 0 Å². The predicted octanol–water partition coefficient (Wildman–Crippen LogP) is 2.58. The maximum Gasteiger partial charge on any atom is 0.352 e. The number of rotatable bonds is 6. The van der Waals surface area contributed by atoms with Gasteiger partial charge in [0.1, 0.15) is 5.69 Å². The summed E-state index contributed by atoms with van der Waals surface area (Å²) in [5, 5.41) is 9.15. The SMILES string of the molecule is CCSCCN1CCC(n2cccc2C(=O)O)CC1. The monoisotopic (exact) mass is 282 g/mol. The molecule has 1 aliphatic heterocycles. The van der Waals surface area contributed by atoms with Gasteiger partial charge in [0.2, 0.25) is 0 Å². The molecule has 0 spiro atoms. The van der Waals surface area contributed by atoms with Crippen LogP contribution in [-0.2, 0) is 0 Å². The number of carbonyl (C=O) groups is 1. The maximum absolute atomic E-state index is 11.1. The zero-order valence-electron chi connectivity index (χ0n) is 11.4. The van der Waals surface area contributed by atoms with Gasteiger partial charge in [0.15, 0.2) is 0 Å². The summed E-state index contributed by atoms with van der Waals surface area (Å²) in [6.45, 7) is 5.50. The number of piperidine rings is 1. The highest BCUT2D eigenvalue weighted by Crippen LogP contribution is 2.24. The Morgan fingerprint density at radius 3 is 2.84 bits per heavy atom. The minimum atomic E-state index is -0.827. The zero-order chi connectivity index (χ0) is 13.7. The first-order valence-electron chi connectivity index (χ1n) is 6.92. The number of carboxylic acids is 1. The van der Waals surface area contributed by atoms with E-state index in [1.807, 2.05) is 28.6 Å². The summed E-state index contributed by atoms with van der Waals surface area (Å²) in [4.78, 5) is 13.6. The third-order valence-corrected chi connectivity index (χ3v) is 4.58. The first kappa shape index (κ1) is 14.5. The summed E-state index contributed by atoms with van der Waals surface area (Å²) in [7, 11) is 0. The molecule has 0 aliphatic carbocycles. The Morgan fingerprint density at radius 1 is 1.47 bits per heavy atom. The molecule has 0 atom stereocenters. The van der Waals surface area contributed by atoms with Crippen LogP contribution < -0.4 is 0 Å². The number of hydrogen-bond acceptors (Lipinski definition) is 3. The van der Waals surface area contributed by atoms with E-state index in [0.29, 0.717) is 11.7 Å². The van der Waals surface area contributed by atoms with Crippen LogP contribution in [0.25, 0.3) is 0 Å². The number of aromatic carboxylic acids is 1. The van der Waals surface area contributed by atoms with Crippen molar-refractivity contribution in [2.24, 2.45) is 0 Å². The lowest BCUT2D eigenvalue weighted by molar-refractivity contribution is 0.0678. The normalized spacial score (nSPS) is 17.7. The molecule has 1 saturated heterocycles. The van der Waals surface area contributed by atoms with Crippen LogP contribution in [0.5, 0.6) is 0 Å². The van der Waals surface area contributed by atoms with Gasteiger partial charge in [0.05, 0.1) is 0 Å². The van der Waals surface area contributed by atoms with Crippen LogP contribution in [0.1, 0.15) is 36.3 Å². The second-order valence-electron chi connectivity index (χ2n) is 4.88. The van der Waals surface area contributed by atoms with Gasteiger partial charge in [0.25, 0.3) is 0 Å². The van der Waals surface area contributed by atoms with Crippen LogP contribution in [-0.4, -0.2) is 51.7 Å². The number of thioether (sulfide) groups is 1. The first-order valence-corrected chi connectivity index (χ1v) is 8.08. The number of aromatic nitrogens is 1. The maximum atomic E-state index is 11.1. The molecule has 4 nitrogen and oxygen atoms in total. The molecule has 1 aromatic rings. The van der Waals surface area contributed by atoms with Crippen LogP contribution in [0, 0.1) is 0 Å². The third kappa shape index (κ3) is 3.76. The quantitative estimate of drug-likeness (QED) is 0.815. The topological polar surface area (TPSA) is 45.5 Å². The second kappa shape index (κ2) is 7.01. The molecular weight excluding hydrogens is 260 g/mol. The molecule has 0 amide bonds. The van der Waals surface area contributed by atoms with E-state index in [1.54, 1.807) is 6.07 Å². The fraction of sp³-hybridized carbons (Fsp3) is 0.643. The zero-order valence-corrected chi connectivity index (χ0v) is 12.2. The molecule has 106 valence electrons. The van der Waals surface area contributed by atoms with Crippen molar-refractivity contribution in [1.29, 1.82) is 0 Å². The molecule has 2 heterocycles. The molecule has 2 rings (SSSR count). The first-order chi connectivity index (χ1) is 9.22. The Kier molecular flexibility index (Phi) is 5.34. The number of carboxylic acid groups (broad SMARTS) is 1. The number of nitrogens with zero attached hydrogens (tertiary/aromatic N) is 2. The van der Waals surface area contributed by atoms with Gasteiger partial charge in [0, 0.05) is 37.6 Å². The highest BCUT2D eigenvalue weighted by Gasteiger charge is 2.22. The summed E-state index contributed by atoms with van der Waals surface area (Å²) in [5.74, 6) is 1.55. The predicted molar refractivity (Wildman–Crippen MR) is 79.1 cm³/mol. The molecule has 1 aromatic heterocycles. The smallest absolute Gasteiger partial charge is 0.352 e. The summed E-state index contributed by atoms with van der Waals surface area (Å²) in [6.07, 6.45) is 3.99. The van der Waals surface area contributed by atoms with Crippen LogP contribution in [0.15, 0.2) is 18.3 Å². The highest BCUT2D eigenvalue weighted by atomic mass is 32.2. The van der Waals surface area contributed by atoms with E-state index in [2.05, 4.69) is 11.8 Å². The Balaban J connectivity index is 1.86. The van der Waals surface area contributed by atoms with Crippen molar-refractivity contribution in [1.82, 2.24) is 9.47 Å². The molecule has 19 heavy (non-hydrogen) atoms. The molecule has 1 aliphatic rings. The van der Waals surface area contributed by atoms with E-state index in [4.69, 9.17) is 5.11 Å². The van der Waals surface area contributed by atoms with Gasteiger partial charge in [-0.05, 0) is 30.7 Å². The molecule has 5 heteroatoms. The Bertz CT molecular complexity index is 411. The van der Waals surface area contributed by atoms with Gasteiger partial charge in [-0.25, -0.2) is 4.79 Å². The second-order valence-corrected chi connectivity index (χ2v) is 6.27.